The molecule has 7 heteroatoms. The molecule has 0 spiro atoms. The summed E-state index contributed by atoms with van der Waals surface area (Å²) in [6.07, 6.45) is 7.67. The zero-order valence-corrected chi connectivity index (χ0v) is 15.7. The molecule has 0 fully saturated rings. The molecule has 7 nitrogen and oxygen atoms in total. The number of imide groups is 1. The standard InChI is InChI=1S/C21H24N2O5/c24-18(22-11-10-15-6-2-1-3-7-15)14-28-20(26)13-23-19(25)12-16-8-4-5-9-17(16)21(23)27/h4-6,8-9H,1-3,7,10-14H2,(H,22,24). The molecule has 0 unspecified atom stereocenters. The number of ether oxygens (including phenoxy) is 1. The number of benzene rings is 1. The Kier molecular flexibility index (Phi) is 6.57. The number of hydrogen-bond donors (Lipinski definition) is 1. The van der Waals surface area contributed by atoms with Crippen LogP contribution in [-0.4, -0.2) is 48.3 Å². The Balaban J connectivity index is 1.41. The largest absolute Gasteiger partial charge is 0.454 e. The highest BCUT2D eigenvalue weighted by molar-refractivity contribution is 6.11. The number of nitrogens with one attached hydrogen (secondary N) is 1. The van der Waals surface area contributed by atoms with Crippen LogP contribution in [0.1, 0.15) is 48.0 Å². The smallest absolute Gasteiger partial charge is 0.326 e. The summed E-state index contributed by atoms with van der Waals surface area (Å²) in [5.74, 6) is -2.16. The first-order valence-corrected chi connectivity index (χ1v) is 9.57. The van der Waals surface area contributed by atoms with E-state index in [4.69, 9.17) is 4.74 Å². The van der Waals surface area contributed by atoms with Gasteiger partial charge in [0.15, 0.2) is 6.61 Å². The van der Waals surface area contributed by atoms with Gasteiger partial charge in [0.1, 0.15) is 6.54 Å². The summed E-state index contributed by atoms with van der Waals surface area (Å²) in [6.45, 7) is -0.418. The van der Waals surface area contributed by atoms with Gasteiger partial charge in [0.2, 0.25) is 5.91 Å². The molecule has 0 saturated carbocycles. The van der Waals surface area contributed by atoms with Gasteiger partial charge in [0.05, 0.1) is 6.42 Å². The summed E-state index contributed by atoms with van der Waals surface area (Å²) < 4.78 is 4.92. The molecule has 3 amide bonds. The second kappa shape index (κ2) is 9.30. The van der Waals surface area contributed by atoms with Crippen molar-refractivity contribution in [1.82, 2.24) is 10.2 Å². The number of hydrogen-bond acceptors (Lipinski definition) is 5. The monoisotopic (exact) mass is 384 g/mol. The number of rotatable bonds is 7. The molecule has 1 aliphatic heterocycles. The van der Waals surface area contributed by atoms with Gasteiger partial charge in [0, 0.05) is 12.1 Å². The van der Waals surface area contributed by atoms with Crippen LogP contribution in [0.3, 0.4) is 0 Å². The summed E-state index contributed by atoms with van der Waals surface area (Å²) in [5, 5.41) is 2.72. The fraction of sp³-hybridized carbons (Fsp3) is 0.429. The van der Waals surface area contributed by atoms with Gasteiger partial charge in [-0.1, -0.05) is 29.8 Å². The lowest BCUT2D eigenvalue weighted by molar-refractivity contribution is -0.151. The molecule has 28 heavy (non-hydrogen) atoms. The SMILES string of the molecule is O=C(COC(=O)CN1C(=O)Cc2ccccc2C1=O)NCCC1=CCCCC1. The van der Waals surface area contributed by atoms with Gasteiger partial charge in [-0.15, -0.1) is 0 Å². The fourth-order valence-corrected chi connectivity index (χ4v) is 3.43. The topological polar surface area (TPSA) is 92.8 Å². The van der Waals surface area contributed by atoms with Gasteiger partial charge in [-0.2, -0.15) is 0 Å². The molecule has 1 aromatic carbocycles. The third-order valence-corrected chi connectivity index (χ3v) is 4.94. The molecule has 0 radical (unpaired) electrons. The average Bonchev–Trinajstić information content (AvgIpc) is 2.70. The molecule has 0 bridgehead atoms. The Morgan fingerprint density at radius 3 is 2.75 bits per heavy atom. The molecule has 148 valence electrons. The minimum absolute atomic E-state index is 0.0610. The molecule has 0 saturated heterocycles. The maximum atomic E-state index is 12.4. The number of nitrogens with zero attached hydrogens (tertiary/aromatic N) is 1. The van der Waals surface area contributed by atoms with E-state index in [1.165, 1.54) is 18.4 Å². The lowest BCUT2D eigenvalue weighted by atomic mass is 9.97. The predicted molar refractivity (Wildman–Crippen MR) is 101 cm³/mol. The third-order valence-electron chi connectivity index (χ3n) is 4.94. The fourth-order valence-electron chi connectivity index (χ4n) is 3.43. The maximum absolute atomic E-state index is 12.4. The third kappa shape index (κ3) is 5.06. The number of amides is 3. The normalized spacial score (nSPS) is 16.3. The van der Waals surface area contributed by atoms with Crippen molar-refractivity contribution in [2.24, 2.45) is 0 Å². The van der Waals surface area contributed by atoms with Crippen LogP contribution >= 0.6 is 0 Å². The molecule has 3 rings (SSSR count). The molecule has 2 aliphatic rings. The summed E-state index contributed by atoms with van der Waals surface area (Å²) in [6, 6.07) is 6.80. The van der Waals surface area contributed by atoms with Crippen LogP contribution in [0.25, 0.3) is 0 Å². The van der Waals surface area contributed by atoms with E-state index in [0.29, 0.717) is 17.7 Å². The highest BCUT2D eigenvalue weighted by Crippen LogP contribution is 2.20. The molecule has 0 aromatic heterocycles. The van der Waals surface area contributed by atoms with Crippen molar-refractivity contribution >= 4 is 23.7 Å². The quantitative estimate of drug-likeness (QED) is 0.439. The summed E-state index contributed by atoms with van der Waals surface area (Å²) in [4.78, 5) is 49.2. The van der Waals surface area contributed by atoms with E-state index in [9.17, 15) is 19.2 Å². The molecule has 1 aliphatic carbocycles. The van der Waals surface area contributed by atoms with Crippen LogP contribution < -0.4 is 5.32 Å². The second-order valence-electron chi connectivity index (χ2n) is 6.99. The minimum atomic E-state index is -0.786. The predicted octanol–water partition coefficient (Wildman–Crippen LogP) is 1.76. The van der Waals surface area contributed by atoms with Gasteiger partial charge in [-0.25, -0.2) is 0 Å². The Hall–Kier alpha value is -2.96. The summed E-state index contributed by atoms with van der Waals surface area (Å²) >= 11 is 0. The zero-order valence-electron chi connectivity index (χ0n) is 15.7. The van der Waals surface area contributed by atoms with Crippen LogP contribution in [0.5, 0.6) is 0 Å². The van der Waals surface area contributed by atoms with E-state index in [1.54, 1.807) is 24.3 Å². The number of fused-ring (bicyclic) bond motifs is 1. The molecule has 1 heterocycles. The number of esters is 1. The second-order valence-corrected chi connectivity index (χ2v) is 6.99. The first-order chi connectivity index (χ1) is 13.5. The summed E-state index contributed by atoms with van der Waals surface area (Å²) in [7, 11) is 0. The van der Waals surface area contributed by atoms with E-state index in [2.05, 4.69) is 11.4 Å². The Morgan fingerprint density at radius 2 is 1.96 bits per heavy atom. The van der Waals surface area contributed by atoms with Crippen LogP contribution in [0.15, 0.2) is 35.9 Å². The van der Waals surface area contributed by atoms with Crippen molar-refractivity contribution in [2.45, 2.75) is 38.5 Å². The lowest BCUT2D eigenvalue weighted by Crippen LogP contribution is -2.45. The Labute approximate surface area is 163 Å². The van der Waals surface area contributed by atoms with Crippen LogP contribution in [0.2, 0.25) is 0 Å². The molecule has 1 N–H and O–H groups in total. The molecule has 0 atom stereocenters. The van der Waals surface area contributed by atoms with Crippen LogP contribution in [-0.2, 0) is 25.5 Å². The van der Waals surface area contributed by atoms with Crippen molar-refractivity contribution < 1.29 is 23.9 Å². The van der Waals surface area contributed by atoms with Gasteiger partial charge >= 0.3 is 5.97 Å². The molecule has 1 aromatic rings. The number of carbonyl (C=O) groups is 4. The first-order valence-electron chi connectivity index (χ1n) is 9.57. The zero-order chi connectivity index (χ0) is 19.9. The van der Waals surface area contributed by atoms with Crippen molar-refractivity contribution in [3.05, 3.63) is 47.0 Å². The van der Waals surface area contributed by atoms with E-state index in [0.717, 1.165) is 24.2 Å². The van der Waals surface area contributed by atoms with E-state index in [-0.39, 0.29) is 6.42 Å². The average molecular weight is 384 g/mol. The van der Waals surface area contributed by atoms with E-state index >= 15 is 0 Å². The van der Waals surface area contributed by atoms with Gasteiger partial charge in [0.25, 0.3) is 11.8 Å². The Bertz CT molecular complexity index is 815. The highest BCUT2D eigenvalue weighted by Gasteiger charge is 2.32. The van der Waals surface area contributed by atoms with Gasteiger partial charge < -0.3 is 10.1 Å². The van der Waals surface area contributed by atoms with Crippen LogP contribution in [0.4, 0.5) is 0 Å². The van der Waals surface area contributed by atoms with Gasteiger partial charge in [-0.05, 0) is 43.7 Å². The maximum Gasteiger partial charge on any atom is 0.326 e. The number of allylic oxidation sites excluding steroid dienone is 1. The first kappa shape index (κ1) is 19.8. The van der Waals surface area contributed by atoms with Crippen molar-refractivity contribution in [1.29, 1.82) is 0 Å². The molecular weight excluding hydrogens is 360 g/mol. The minimum Gasteiger partial charge on any atom is -0.454 e. The van der Waals surface area contributed by atoms with E-state index in [1.807, 2.05) is 0 Å². The van der Waals surface area contributed by atoms with Crippen molar-refractivity contribution in [3.63, 3.8) is 0 Å². The lowest BCUT2D eigenvalue weighted by Gasteiger charge is -2.25. The van der Waals surface area contributed by atoms with E-state index < -0.39 is 36.8 Å². The van der Waals surface area contributed by atoms with Crippen LogP contribution in [0, 0.1) is 0 Å². The highest BCUT2D eigenvalue weighted by atomic mass is 16.5. The molecular formula is C21H24N2O5. The Morgan fingerprint density at radius 1 is 1.14 bits per heavy atom. The van der Waals surface area contributed by atoms with Gasteiger partial charge in [-0.3, -0.25) is 24.1 Å². The van der Waals surface area contributed by atoms with Crippen molar-refractivity contribution in [3.8, 4) is 0 Å². The van der Waals surface area contributed by atoms with Crippen molar-refractivity contribution in [2.75, 3.05) is 19.7 Å². The summed E-state index contributed by atoms with van der Waals surface area (Å²) in [5.41, 5.74) is 2.41. The number of carbonyl (C=O) groups excluding carboxylic acids is 4.